The first kappa shape index (κ1) is 31.7. The van der Waals surface area contributed by atoms with E-state index in [4.69, 9.17) is 8.85 Å². The van der Waals surface area contributed by atoms with Crippen LogP contribution in [-0.4, -0.2) is 51.7 Å². The number of fused-ring (bicyclic) bond motifs is 5. The van der Waals surface area contributed by atoms with Crippen molar-refractivity contribution in [2.24, 2.45) is 28.6 Å². The molecule has 4 rings (SSSR count). The third-order valence-electron chi connectivity index (χ3n) is 12.1. The van der Waals surface area contributed by atoms with Gasteiger partial charge in [0.05, 0.1) is 10.2 Å². The highest BCUT2D eigenvalue weighted by Crippen LogP contribution is 2.70. The van der Waals surface area contributed by atoms with Gasteiger partial charge in [-0.2, -0.15) is 0 Å². The molecule has 0 heterocycles. The fourth-order valence-corrected chi connectivity index (χ4v) is 9.31. The Balaban J connectivity index is 1.34. The standard InChI is InChI=1S/C38H59FO6/c1-5-6-7-8-9-10-11-12-13-14-15-16-17-18-34(43)45-26-33(42)38(44)27(2)23-31-30-20-19-28-24-29(40)21-22-35(28,3)37(30,39)32(41)25-36(31,38)4/h21-22,24,27,30-32,41,44H,5-20,23,25-26H2,1-4H3/t27-,30?,31?,32?,35+,36?,37+,38+/m1/s1/i26D2,32D. The van der Waals surface area contributed by atoms with Crippen LogP contribution in [0.25, 0.3) is 0 Å². The third-order valence-corrected chi connectivity index (χ3v) is 12.1. The minimum Gasteiger partial charge on any atom is -0.458 e. The number of aliphatic hydroxyl groups is 2. The van der Waals surface area contributed by atoms with E-state index in [1.165, 1.54) is 76.5 Å². The highest BCUT2D eigenvalue weighted by Gasteiger charge is 2.75. The maximum Gasteiger partial charge on any atom is 0.306 e. The Labute approximate surface area is 274 Å². The number of unbranched alkanes of at least 4 members (excludes halogenated alkanes) is 12. The zero-order chi connectivity index (χ0) is 35.6. The lowest BCUT2D eigenvalue weighted by molar-refractivity contribution is -0.220. The van der Waals surface area contributed by atoms with Crippen molar-refractivity contribution in [1.82, 2.24) is 0 Å². The van der Waals surface area contributed by atoms with Crippen LogP contribution in [0.4, 0.5) is 4.39 Å². The van der Waals surface area contributed by atoms with E-state index < -0.39 is 70.7 Å². The van der Waals surface area contributed by atoms with Crippen LogP contribution >= 0.6 is 0 Å². The average Bonchev–Trinajstić information content (AvgIpc) is 3.20. The Morgan fingerprint density at radius 1 is 1.02 bits per heavy atom. The summed E-state index contributed by atoms with van der Waals surface area (Å²) in [6.45, 7) is 3.77. The molecule has 4 aliphatic carbocycles. The number of ether oxygens (including phenoxy) is 1. The molecule has 4 unspecified atom stereocenters. The molecule has 2 N–H and O–H groups in total. The average molecular weight is 634 g/mol. The fraction of sp³-hybridized carbons (Fsp3) is 0.816. The first-order chi connectivity index (χ1) is 22.4. The molecule has 0 saturated heterocycles. The molecule has 0 aromatic rings. The lowest BCUT2D eigenvalue weighted by Gasteiger charge is -2.62. The van der Waals surface area contributed by atoms with Crippen molar-refractivity contribution in [2.45, 2.75) is 161 Å². The van der Waals surface area contributed by atoms with Crippen LogP contribution in [0.15, 0.2) is 23.8 Å². The molecule has 0 bridgehead atoms. The topological polar surface area (TPSA) is 101 Å². The van der Waals surface area contributed by atoms with Crippen LogP contribution in [0, 0.1) is 28.6 Å². The SMILES string of the molecule is [2H]C([2H])(OC(=O)CCCCCCCCCCCCCCC)C(=O)[C@@]1(O)[C@H](C)CC2C3CCC4=CC(=O)C=C[C@]4(C)[C@@]3(F)C([2H])(O)CC21C. The van der Waals surface area contributed by atoms with Crippen molar-refractivity contribution in [3.8, 4) is 0 Å². The highest BCUT2D eigenvalue weighted by atomic mass is 19.1. The Kier molecular flexibility index (Phi) is 10.5. The van der Waals surface area contributed by atoms with Crippen molar-refractivity contribution in [3.63, 3.8) is 0 Å². The largest absolute Gasteiger partial charge is 0.458 e. The van der Waals surface area contributed by atoms with E-state index in [2.05, 4.69) is 6.92 Å². The molecule has 0 aromatic heterocycles. The predicted molar refractivity (Wildman–Crippen MR) is 174 cm³/mol. The van der Waals surface area contributed by atoms with Gasteiger partial charge in [0.15, 0.2) is 18.0 Å². The predicted octanol–water partition coefficient (Wildman–Crippen LogP) is 7.93. The molecule has 0 amide bonds. The molecule has 0 aromatic carbocycles. The summed E-state index contributed by atoms with van der Waals surface area (Å²) < 4.78 is 48.7. The van der Waals surface area contributed by atoms with Gasteiger partial charge in [-0.05, 0) is 63.0 Å². The first-order valence-electron chi connectivity index (χ1n) is 19.3. The summed E-state index contributed by atoms with van der Waals surface area (Å²) in [6, 6.07) is 0. The third kappa shape index (κ3) is 6.77. The molecule has 7 heteroatoms. The first-order valence-corrected chi connectivity index (χ1v) is 17.8. The summed E-state index contributed by atoms with van der Waals surface area (Å²) in [4.78, 5) is 38.8. The molecule has 4 aliphatic rings. The van der Waals surface area contributed by atoms with E-state index in [0.29, 0.717) is 18.4 Å². The number of hydrogen-bond donors (Lipinski definition) is 2. The highest BCUT2D eigenvalue weighted by molar-refractivity contribution is 6.01. The maximum atomic E-state index is 17.6. The van der Waals surface area contributed by atoms with E-state index in [0.717, 1.165) is 25.7 Å². The van der Waals surface area contributed by atoms with Crippen LogP contribution < -0.4 is 0 Å². The van der Waals surface area contributed by atoms with Gasteiger partial charge in [0, 0.05) is 23.2 Å². The zero-order valence-electron chi connectivity index (χ0n) is 31.1. The minimum absolute atomic E-state index is 0.0538. The Hall–Kier alpha value is -1.86. The lowest BCUT2D eigenvalue weighted by Crippen LogP contribution is -2.69. The summed E-state index contributed by atoms with van der Waals surface area (Å²) in [5.74, 6) is -4.97. The van der Waals surface area contributed by atoms with Gasteiger partial charge in [0.2, 0.25) is 5.78 Å². The molecule has 6 nitrogen and oxygen atoms in total. The van der Waals surface area contributed by atoms with E-state index in [9.17, 15) is 24.6 Å². The Morgan fingerprint density at radius 3 is 2.20 bits per heavy atom. The van der Waals surface area contributed by atoms with Gasteiger partial charge in [-0.3, -0.25) is 14.4 Å². The molecule has 254 valence electrons. The fourth-order valence-electron chi connectivity index (χ4n) is 9.31. The molecule has 8 atom stereocenters. The van der Waals surface area contributed by atoms with Crippen molar-refractivity contribution in [3.05, 3.63) is 23.8 Å². The quantitative estimate of drug-likeness (QED) is 0.125. The molecule has 3 saturated carbocycles. The second kappa shape index (κ2) is 14.9. The van der Waals surface area contributed by atoms with E-state index in [1.807, 2.05) is 0 Å². The lowest BCUT2D eigenvalue weighted by atomic mass is 9.44. The van der Waals surface area contributed by atoms with Gasteiger partial charge in [-0.25, -0.2) is 4.39 Å². The van der Waals surface area contributed by atoms with Crippen LogP contribution in [0.5, 0.6) is 0 Å². The van der Waals surface area contributed by atoms with Crippen molar-refractivity contribution >= 4 is 17.5 Å². The number of carbonyl (C=O) groups excluding carboxylic acids is 3. The van der Waals surface area contributed by atoms with Crippen LogP contribution in [-0.2, 0) is 19.1 Å². The number of hydrogen-bond acceptors (Lipinski definition) is 6. The normalized spacial score (nSPS) is 40.0. The summed E-state index contributed by atoms with van der Waals surface area (Å²) in [5.41, 5.74) is -7.47. The number of esters is 1. The molecule has 0 aliphatic heterocycles. The number of carbonyl (C=O) groups is 3. The van der Waals surface area contributed by atoms with E-state index in [-0.39, 0.29) is 25.0 Å². The van der Waals surface area contributed by atoms with Gasteiger partial charge >= 0.3 is 5.97 Å². The van der Waals surface area contributed by atoms with Crippen LogP contribution in [0.3, 0.4) is 0 Å². The molecular formula is C38H59FO6. The van der Waals surface area contributed by atoms with Gasteiger partial charge in [0.1, 0.15) is 5.60 Å². The van der Waals surface area contributed by atoms with Gasteiger partial charge < -0.3 is 14.9 Å². The molecule has 0 radical (unpaired) electrons. The van der Waals surface area contributed by atoms with Gasteiger partial charge in [-0.15, -0.1) is 0 Å². The molecule has 45 heavy (non-hydrogen) atoms. The van der Waals surface area contributed by atoms with Crippen molar-refractivity contribution in [2.75, 3.05) is 6.56 Å². The zero-order valence-corrected chi connectivity index (χ0v) is 28.1. The molecular weight excluding hydrogens is 571 g/mol. The van der Waals surface area contributed by atoms with Crippen LogP contribution in [0.1, 0.15) is 147 Å². The monoisotopic (exact) mass is 633 g/mol. The Bertz CT molecular complexity index is 1270. The molecule has 3 fully saturated rings. The summed E-state index contributed by atoms with van der Waals surface area (Å²) >= 11 is 0. The second-order valence-electron chi connectivity index (χ2n) is 14.9. The van der Waals surface area contributed by atoms with Crippen molar-refractivity contribution in [1.29, 1.82) is 0 Å². The maximum absolute atomic E-state index is 17.6. The van der Waals surface area contributed by atoms with Gasteiger partial charge in [-0.1, -0.05) is 109 Å². The molecule has 0 spiro atoms. The number of ketones is 2. The second-order valence-corrected chi connectivity index (χ2v) is 14.9. The number of allylic oxidation sites excluding steroid dienone is 4. The van der Waals surface area contributed by atoms with Crippen molar-refractivity contribution < 1.29 is 37.8 Å². The van der Waals surface area contributed by atoms with Gasteiger partial charge in [0.25, 0.3) is 0 Å². The minimum atomic E-state index is -3.15. The Morgan fingerprint density at radius 2 is 1.60 bits per heavy atom. The number of halogens is 1. The summed E-state index contributed by atoms with van der Waals surface area (Å²) in [6.07, 6.45) is 16.0. The number of alkyl halides is 1. The van der Waals surface area contributed by atoms with E-state index in [1.54, 1.807) is 13.8 Å². The summed E-state index contributed by atoms with van der Waals surface area (Å²) in [7, 11) is 0. The number of rotatable bonds is 17. The summed E-state index contributed by atoms with van der Waals surface area (Å²) in [5, 5.41) is 23.9. The smallest absolute Gasteiger partial charge is 0.306 e. The number of Topliss-reactive ketones (excluding diaryl/α,β-unsaturated/α-hetero) is 1. The van der Waals surface area contributed by atoms with Crippen LogP contribution in [0.2, 0.25) is 0 Å². The van der Waals surface area contributed by atoms with E-state index >= 15 is 4.39 Å².